The van der Waals surface area contributed by atoms with Crippen molar-refractivity contribution < 1.29 is 9.13 Å². The van der Waals surface area contributed by atoms with Crippen LogP contribution in [0.2, 0.25) is 0 Å². The van der Waals surface area contributed by atoms with Gasteiger partial charge in [0.05, 0.1) is 39.4 Å². The van der Waals surface area contributed by atoms with Gasteiger partial charge in [0.1, 0.15) is 14.1 Å². The molecular formula is C37H31N7+2. The first-order chi connectivity index (χ1) is 21.5. The molecule has 0 aliphatic carbocycles. The van der Waals surface area contributed by atoms with Gasteiger partial charge < -0.3 is 14.9 Å². The van der Waals surface area contributed by atoms with Crippen LogP contribution in [0.5, 0.6) is 0 Å². The maximum Gasteiger partial charge on any atom is 0.216 e. The first kappa shape index (κ1) is 25.9. The molecule has 0 saturated carbocycles. The Hall–Kier alpha value is -5.82. The van der Waals surface area contributed by atoms with E-state index in [-0.39, 0.29) is 0 Å². The summed E-state index contributed by atoms with van der Waals surface area (Å²) in [6, 6.07) is 19.1. The van der Waals surface area contributed by atoms with Gasteiger partial charge in [0.2, 0.25) is 5.69 Å². The highest BCUT2D eigenvalue weighted by molar-refractivity contribution is 6.33. The molecule has 8 heterocycles. The number of aliphatic imine (C=N–C) groups is 2. The summed E-state index contributed by atoms with van der Waals surface area (Å²) in [4.78, 5) is 20.0. The summed E-state index contributed by atoms with van der Waals surface area (Å²) in [6.07, 6.45) is 23.1. The maximum absolute atomic E-state index is 5.31. The Balaban J connectivity index is 1.47. The van der Waals surface area contributed by atoms with Crippen LogP contribution in [-0.4, -0.2) is 33.3 Å². The van der Waals surface area contributed by atoms with Crippen molar-refractivity contribution in [2.24, 2.45) is 24.1 Å². The van der Waals surface area contributed by atoms with Crippen LogP contribution >= 0.6 is 0 Å². The third-order valence-electron chi connectivity index (χ3n) is 8.35. The standard InChI is InChI=1S/C37H30N7/c1-42-20-15-24(16-21-42)35-28-9-7-26(38-28)27-8-10-29(39-27)36(25-17-22-43(2)23-18-25)31-12-14-33(41-31)37(32-13-11-30(35)40-32)34-6-4-5-19-44(34)3/h4-23H,1-3H3,(H,40,41)/q+1/p+1. The van der Waals surface area contributed by atoms with Crippen LogP contribution in [0.4, 0.5) is 0 Å². The van der Waals surface area contributed by atoms with Gasteiger partial charge in [-0.25, -0.2) is 19.1 Å². The Morgan fingerprint density at radius 3 is 2.07 bits per heavy atom. The third-order valence-corrected chi connectivity index (χ3v) is 8.35. The number of hydrogen-bond acceptors (Lipinski definition) is 3. The Kier molecular flexibility index (Phi) is 5.98. The molecule has 44 heavy (non-hydrogen) atoms. The number of aromatic amines is 2. The zero-order chi connectivity index (χ0) is 29.8. The minimum atomic E-state index is 0.894. The minimum Gasteiger partial charge on any atom is -0.357 e. The molecular weight excluding hydrogens is 542 g/mol. The van der Waals surface area contributed by atoms with E-state index in [1.165, 1.54) is 0 Å². The van der Waals surface area contributed by atoms with Gasteiger partial charge in [-0.15, -0.1) is 0 Å². The van der Waals surface area contributed by atoms with Crippen LogP contribution in [0.1, 0.15) is 22.6 Å². The van der Waals surface area contributed by atoms with Crippen molar-refractivity contribution in [2.45, 2.75) is 0 Å². The lowest BCUT2D eigenvalue weighted by molar-refractivity contribution is -0.673. The molecule has 0 atom stereocenters. The van der Waals surface area contributed by atoms with Gasteiger partial charge in [0, 0.05) is 65.9 Å². The van der Waals surface area contributed by atoms with Gasteiger partial charge >= 0.3 is 0 Å². The summed E-state index contributed by atoms with van der Waals surface area (Å²) in [5, 5.41) is 1.95. The van der Waals surface area contributed by atoms with Crippen LogP contribution < -0.4 is 19.8 Å². The van der Waals surface area contributed by atoms with Crippen molar-refractivity contribution in [3.63, 3.8) is 0 Å². The quantitative estimate of drug-likeness (QED) is 0.354. The molecule has 4 aromatic heterocycles. The molecule has 212 valence electrons. The fraction of sp³-hybridized carbons (Fsp3) is 0.0811. The lowest BCUT2D eigenvalue weighted by Gasteiger charge is -2.15. The van der Waals surface area contributed by atoms with Crippen molar-refractivity contribution in [3.05, 3.63) is 167 Å². The van der Waals surface area contributed by atoms with Crippen LogP contribution in [0.15, 0.2) is 143 Å². The largest absolute Gasteiger partial charge is 0.357 e. The SMILES string of the molecule is CN1C=CC(=C2C3=NC(=c4ccc([nH]4)=C(c4cc[n+](C)cc4)C4=NC(=C(c5cccc[n+]5C)c5ccc2[nH]5)C=C4)C=C3)C=C1. The molecule has 0 radical (unpaired) electrons. The highest BCUT2D eigenvalue weighted by Crippen LogP contribution is 2.33. The first-order valence-corrected chi connectivity index (χ1v) is 14.7. The number of rotatable bonds is 2. The molecule has 8 bridgehead atoms. The number of aryl methyl sites for hydroxylation is 2. The lowest BCUT2D eigenvalue weighted by atomic mass is 9.99. The number of hydrogen-bond donors (Lipinski definition) is 2. The number of allylic oxidation sites excluding steroid dienone is 7. The predicted octanol–water partition coefficient (Wildman–Crippen LogP) is 3.52. The number of nitrogens with one attached hydrogen (secondary N) is 2. The average Bonchev–Trinajstić information content (AvgIpc) is 3.85. The second-order valence-electron chi connectivity index (χ2n) is 11.3. The van der Waals surface area contributed by atoms with Crippen molar-refractivity contribution in [3.8, 4) is 0 Å². The Morgan fingerprint density at radius 2 is 1.30 bits per heavy atom. The second kappa shape index (κ2) is 10.2. The van der Waals surface area contributed by atoms with Crippen LogP contribution in [-0.2, 0) is 14.1 Å². The molecule has 2 N–H and O–H groups in total. The molecule has 4 aliphatic heterocycles. The smallest absolute Gasteiger partial charge is 0.216 e. The van der Waals surface area contributed by atoms with E-state index in [0.717, 1.165) is 78.5 Å². The summed E-state index contributed by atoms with van der Waals surface area (Å²) in [5.41, 5.74) is 11.9. The Morgan fingerprint density at radius 1 is 0.614 bits per heavy atom. The fourth-order valence-electron chi connectivity index (χ4n) is 6.08. The number of H-pyrrole nitrogens is 2. The van der Waals surface area contributed by atoms with Crippen LogP contribution in [0, 0.1) is 0 Å². The first-order valence-electron chi connectivity index (χ1n) is 14.7. The van der Waals surface area contributed by atoms with Gasteiger partial charge in [0.15, 0.2) is 18.6 Å². The van der Waals surface area contributed by atoms with Crippen molar-refractivity contribution in [2.75, 3.05) is 7.05 Å². The molecule has 0 aromatic carbocycles. The Bertz CT molecular complexity index is 2220. The van der Waals surface area contributed by atoms with Gasteiger partial charge in [-0.2, -0.15) is 0 Å². The molecule has 0 spiro atoms. The van der Waals surface area contributed by atoms with Crippen molar-refractivity contribution >= 4 is 33.8 Å². The summed E-state index contributed by atoms with van der Waals surface area (Å²) in [7, 11) is 6.13. The number of aromatic nitrogens is 4. The highest BCUT2D eigenvalue weighted by atomic mass is 15.0. The number of nitrogens with zero attached hydrogens (tertiary/aromatic N) is 5. The van der Waals surface area contributed by atoms with E-state index >= 15 is 0 Å². The molecule has 0 amide bonds. The molecule has 0 saturated heterocycles. The van der Waals surface area contributed by atoms with E-state index in [1.807, 2.05) is 29.6 Å². The topological polar surface area (TPSA) is 67.3 Å². The van der Waals surface area contributed by atoms with Crippen molar-refractivity contribution in [1.29, 1.82) is 0 Å². The molecule has 7 nitrogen and oxygen atoms in total. The van der Waals surface area contributed by atoms with Gasteiger partial charge in [-0.05, 0) is 77.9 Å². The predicted molar refractivity (Wildman–Crippen MR) is 174 cm³/mol. The van der Waals surface area contributed by atoms with E-state index < -0.39 is 0 Å². The summed E-state index contributed by atoms with van der Waals surface area (Å²) in [6.45, 7) is 0. The minimum absolute atomic E-state index is 0.894. The molecule has 0 fully saturated rings. The fourth-order valence-corrected chi connectivity index (χ4v) is 6.08. The van der Waals surface area contributed by atoms with E-state index in [0.29, 0.717) is 0 Å². The van der Waals surface area contributed by atoms with Gasteiger partial charge in [-0.1, -0.05) is 0 Å². The van der Waals surface area contributed by atoms with Gasteiger partial charge in [-0.3, -0.25) is 0 Å². The van der Waals surface area contributed by atoms with Gasteiger partial charge in [0.25, 0.3) is 0 Å². The van der Waals surface area contributed by atoms with E-state index in [9.17, 15) is 0 Å². The summed E-state index contributed by atoms with van der Waals surface area (Å²) < 4.78 is 4.19. The maximum atomic E-state index is 5.31. The zero-order valence-electron chi connectivity index (χ0n) is 24.8. The summed E-state index contributed by atoms with van der Waals surface area (Å²) >= 11 is 0. The normalized spacial score (nSPS) is 17.0. The zero-order valence-corrected chi connectivity index (χ0v) is 24.8. The Labute approximate surface area is 255 Å². The molecule has 8 rings (SSSR count). The van der Waals surface area contributed by atoms with E-state index in [4.69, 9.17) is 9.98 Å². The van der Waals surface area contributed by atoms with E-state index in [2.05, 4.69) is 138 Å². The van der Waals surface area contributed by atoms with Crippen LogP contribution in [0.3, 0.4) is 0 Å². The highest BCUT2D eigenvalue weighted by Gasteiger charge is 2.26. The monoisotopic (exact) mass is 573 g/mol. The third kappa shape index (κ3) is 4.37. The molecule has 0 unspecified atom stereocenters. The molecule has 7 heteroatoms. The molecule has 4 aliphatic rings. The molecule has 4 aromatic rings. The second-order valence-corrected chi connectivity index (χ2v) is 11.3. The van der Waals surface area contributed by atoms with Crippen LogP contribution in [0.25, 0.3) is 22.4 Å². The van der Waals surface area contributed by atoms with Crippen molar-refractivity contribution in [1.82, 2.24) is 14.9 Å². The average molecular weight is 574 g/mol. The lowest BCUT2D eigenvalue weighted by Crippen LogP contribution is -2.32. The van der Waals surface area contributed by atoms with E-state index in [1.54, 1.807) is 0 Å². The summed E-state index contributed by atoms with van der Waals surface area (Å²) in [5.74, 6) is 0. The number of fused-ring (bicyclic) bond motifs is 6. The number of pyridine rings is 2.